The summed E-state index contributed by atoms with van der Waals surface area (Å²) < 4.78 is 5.36. The van der Waals surface area contributed by atoms with Crippen molar-refractivity contribution >= 4 is 0 Å². The second-order valence-electron chi connectivity index (χ2n) is 5.10. The molecular weight excluding hydrogens is 190 g/mol. The van der Waals surface area contributed by atoms with Gasteiger partial charge in [0.2, 0.25) is 0 Å². The third-order valence-electron chi connectivity index (χ3n) is 2.45. The summed E-state index contributed by atoms with van der Waals surface area (Å²) in [6.45, 7) is 9.08. The van der Waals surface area contributed by atoms with Crippen LogP contribution < -0.4 is 0 Å². The van der Waals surface area contributed by atoms with Crippen molar-refractivity contribution in [1.29, 1.82) is 5.26 Å². The van der Waals surface area contributed by atoms with Crippen LogP contribution in [0.1, 0.15) is 40.5 Å². The summed E-state index contributed by atoms with van der Waals surface area (Å²) in [4.78, 5) is 0. The van der Waals surface area contributed by atoms with E-state index in [0.717, 1.165) is 6.42 Å². The van der Waals surface area contributed by atoms with E-state index in [2.05, 4.69) is 6.07 Å². The third-order valence-corrected chi connectivity index (χ3v) is 2.45. The molecule has 0 heterocycles. The Morgan fingerprint density at radius 3 is 2.27 bits per heavy atom. The fraction of sp³-hybridized carbons (Fsp3) is 0.917. The highest BCUT2D eigenvalue weighted by Gasteiger charge is 2.21. The molecule has 0 aliphatic rings. The maximum absolute atomic E-state index is 9.71. The summed E-state index contributed by atoms with van der Waals surface area (Å²) in [5.41, 5.74) is -0.0801. The molecule has 0 rings (SSSR count). The monoisotopic (exact) mass is 213 g/mol. The van der Waals surface area contributed by atoms with Gasteiger partial charge in [-0.15, -0.1) is 0 Å². The molecule has 0 fully saturated rings. The number of ether oxygens (including phenoxy) is 1. The molecule has 3 heteroatoms. The van der Waals surface area contributed by atoms with Crippen LogP contribution in [0, 0.1) is 22.7 Å². The van der Waals surface area contributed by atoms with E-state index in [4.69, 9.17) is 10.00 Å². The lowest BCUT2D eigenvalue weighted by atomic mass is 9.87. The van der Waals surface area contributed by atoms with Gasteiger partial charge in [0.1, 0.15) is 0 Å². The lowest BCUT2D eigenvalue weighted by Gasteiger charge is -2.25. The standard InChI is InChI=1S/C12H23NO2/c1-10(9-13)5-7-15-8-6-11(14)12(2,3)4/h10-11,14H,5-8H2,1-4H3. The van der Waals surface area contributed by atoms with Crippen LogP contribution in [0.2, 0.25) is 0 Å². The van der Waals surface area contributed by atoms with Crippen molar-refractivity contribution < 1.29 is 9.84 Å². The fourth-order valence-electron chi connectivity index (χ4n) is 1.05. The highest BCUT2D eigenvalue weighted by Crippen LogP contribution is 2.21. The predicted octanol–water partition coefficient (Wildman–Crippen LogP) is 2.35. The molecule has 0 saturated heterocycles. The van der Waals surface area contributed by atoms with Gasteiger partial charge in [0, 0.05) is 19.1 Å². The van der Waals surface area contributed by atoms with Gasteiger partial charge in [-0.3, -0.25) is 0 Å². The topological polar surface area (TPSA) is 53.2 Å². The molecule has 88 valence electrons. The zero-order chi connectivity index (χ0) is 11.9. The van der Waals surface area contributed by atoms with Crippen LogP contribution in [0.5, 0.6) is 0 Å². The van der Waals surface area contributed by atoms with Crippen molar-refractivity contribution in [3.05, 3.63) is 0 Å². The second-order valence-corrected chi connectivity index (χ2v) is 5.10. The summed E-state index contributed by atoms with van der Waals surface area (Å²) >= 11 is 0. The zero-order valence-electron chi connectivity index (χ0n) is 10.3. The first-order chi connectivity index (χ1) is 6.88. The molecule has 0 aromatic rings. The Labute approximate surface area is 93.1 Å². The van der Waals surface area contributed by atoms with Crippen LogP contribution in [-0.4, -0.2) is 24.4 Å². The SMILES string of the molecule is CC(C#N)CCOCCC(O)C(C)(C)C. The Hall–Kier alpha value is -0.590. The molecule has 0 saturated carbocycles. The van der Waals surface area contributed by atoms with Gasteiger partial charge in [-0.2, -0.15) is 5.26 Å². The van der Waals surface area contributed by atoms with E-state index >= 15 is 0 Å². The molecule has 15 heavy (non-hydrogen) atoms. The molecule has 0 spiro atoms. The number of nitrogens with zero attached hydrogens (tertiary/aromatic N) is 1. The predicted molar refractivity (Wildman–Crippen MR) is 60.3 cm³/mol. The van der Waals surface area contributed by atoms with Crippen LogP contribution >= 0.6 is 0 Å². The Bertz CT molecular complexity index is 203. The van der Waals surface area contributed by atoms with Crippen molar-refractivity contribution in [2.45, 2.75) is 46.6 Å². The van der Waals surface area contributed by atoms with Crippen LogP contribution in [-0.2, 0) is 4.74 Å². The van der Waals surface area contributed by atoms with Gasteiger partial charge >= 0.3 is 0 Å². The summed E-state index contributed by atoms with van der Waals surface area (Å²) in [7, 11) is 0. The number of nitriles is 1. The second kappa shape index (κ2) is 6.81. The maximum Gasteiger partial charge on any atom is 0.0653 e. The molecule has 0 aromatic carbocycles. The quantitative estimate of drug-likeness (QED) is 0.689. The van der Waals surface area contributed by atoms with Gasteiger partial charge in [-0.05, 0) is 25.2 Å². The number of rotatable bonds is 6. The first-order valence-electron chi connectivity index (χ1n) is 5.53. The zero-order valence-corrected chi connectivity index (χ0v) is 10.3. The average molecular weight is 213 g/mol. The molecule has 0 aliphatic heterocycles. The van der Waals surface area contributed by atoms with Crippen molar-refractivity contribution in [3.8, 4) is 6.07 Å². The molecule has 0 aliphatic carbocycles. The maximum atomic E-state index is 9.71. The molecule has 1 N–H and O–H groups in total. The van der Waals surface area contributed by atoms with Crippen LogP contribution in [0.4, 0.5) is 0 Å². The highest BCUT2D eigenvalue weighted by atomic mass is 16.5. The van der Waals surface area contributed by atoms with Crippen LogP contribution in [0.3, 0.4) is 0 Å². The van der Waals surface area contributed by atoms with E-state index < -0.39 is 0 Å². The van der Waals surface area contributed by atoms with Crippen LogP contribution in [0.25, 0.3) is 0 Å². The van der Waals surface area contributed by atoms with Gasteiger partial charge in [-0.1, -0.05) is 20.8 Å². The minimum Gasteiger partial charge on any atom is -0.392 e. The largest absolute Gasteiger partial charge is 0.392 e. The van der Waals surface area contributed by atoms with E-state index in [9.17, 15) is 5.11 Å². The molecule has 0 bridgehead atoms. The normalized spacial score (nSPS) is 15.7. The van der Waals surface area contributed by atoms with Gasteiger partial charge < -0.3 is 9.84 Å². The first kappa shape index (κ1) is 14.4. The minimum atomic E-state index is -0.328. The van der Waals surface area contributed by atoms with Gasteiger partial charge in [0.15, 0.2) is 0 Å². The van der Waals surface area contributed by atoms with E-state index in [0.29, 0.717) is 19.6 Å². The molecular formula is C12H23NO2. The smallest absolute Gasteiger partial charge is 0.0653 e. The van der Waals surface area contributed by atoms with E-state index in [-0.39, 0.29) is 17.4 Å². The number of aliphatic hydroxyl groups excluding tert-OH is 1. The summed E-state index contributed by atoms with van der Waals surface area (Å²) in [6.07, 6.45) is 1.10. The van der Waals surface area contributed by atoms with Crippen molar-refractivity contribution in [1.82, 2.24) is 0 Å². The molecule has 2 atom stereocenters. The van der Waals surface area contributed by atoms with Gasteiger partial charge in [0.05, 0.1) is 12.2 Å². The molecule has 0 amide bonds. The number of hydrogen-bond acceptors (Lipinski definition) is 3. The van der Waals surface area contributed by atoms with Crippen molar-refractivity contribution in [2.75, 3.05) is 13.2 Å². The number of aliphatic hydroxyl groups is 1. The fourth-order valence-corrected chi connectivity index (χ4v) is 1.05. The number of hydrogen-bond donors (Lipinski definition) is 1. The van der Waals surface area contributed by atoms with Crippen molar-refractivity contribution in [3.63, 3.8) is 0 Å². The average Bonchev–Trinajstić information content (AvgIpc) is 2.15. The van der Waals surface area contributed by atoms with Gasteiger partial charge in [-0.25, -0.2) is 0 Å². The van der Waals surface area contributed by atoms with Crippen LogP contribution in [0.15, 0.2) is 0 Å². The summed E-state index contributed by atoms with van der Waals surface area (Å²) in [5, 5.41) is 18.2. The molecule has 0 aromatic heterocycles. The highest BCUT2D eigenvalue weighted by molar-refractivity contribution is 4.77. The minimum absolute atomic E-state index is 0.0533. The molecule has 3 nitrogen and oxygen atoms in total. The summed E-state index contributed by atoms with van der Waals surface area (Å²) in [6, 6.07) is 2.16. The van der Waals surface area contributed by atoms with Crippen molar-refractivity contribution in [2.24, 2.45) is 11.3 Å². The van der Waals surface area contributed by atoms with E-state index in [1.807, 2.05) is 27.7 Å². The third kappa shape index (κ3) is 7.35. The molecule has 0 radical (unpaired) electrons. The Morgan fingerprint density at radius 1 is 1.27 bits per heavy atom. The Balaban J connectivity index is 3.44. The summed E-state index contributed by atoms with van der Waals surface area (Å²) in [5.74, 6) is 0.0533. The lowest BCUT2D eigenvalue weighted by Crippen LogP contribution is -2.27. The molecule has 2 unspecified atom stereocenters. The Morgan fingerprint density at radius 2 is 1.80 bits per heavy atom. The lowest BCUT2D eigenvalue weighted by molar-refractivity contribution is 0.0212. The van der Waals surface area contributed by atoms with E-state index in [1.54, 1.807) is 0 Å². The first-order valence-corrected chi connectivity index (χ1v) is 5.53. The Kier molecular flexibility index (Phi) is 6.55. The van der Waals surface area contributed by atoms with Gasteiger partial charge in [0.25, 0.3) is 0 Å². The van der Waals surface area contributed by atoms with E-state index in [1.165, 1.54) is 0 Å².